The standard InChI is InChI=1S/C16H26N4O2/c1-16(2,8-5-14(21)17-3)19-15(22)12-20(4)11-13-6-9-18-10-7-13/h6-7,9-10H,5,8,11-12H2,1-4H3,(H,17,21)(H,19,22). The lowest BCUT2D eigenvalue weighted by atomic mass is 9.98. The molecule has 22 heavy (non-hydrogen) atoms. The summed E-state index contributed by atoms with van der Waals surface area (Å²) in [6.07, 6.45) is 4.49. The van der Waals surface area contributed by atoms with Crippen molar-refractivity contribution in [1.82, 2.24) is 20.5 Å². The molecule has 0 saturated carbocycles. The second-order valence-electron chi connectivity index (χ2n) is 6.13. The lowest BCUT2D eigenvalue weighted by Gasteiger charge is -2.27. The third kappa shape index (κ3) is 7.17. The number of hydrogen-bond donors (Lipinski definition) is 2. The van der Waals surface area contributed by atoms with Crippen LogP contribution in [0, 0.1) is 0 Å². The lowest BCUT2D eigenvalue weighted by molar-refractivity contribution is -0.125. The Morgan fingerprint density at radius 2 is 1.86 bits per heavy atom. The number of carbonyl (C=O) groups is 2. The van der Waals surface area contributed by atoms with Gasteiger partial charge in [-0.15, -0.1) is 0 Å². The van der Waals surface area contributed by atoms with Crippen LogP contribution >= 0.6 is 0 Å². The highest BCUT2D eigenvalue weighted by atomic mass is 16.2. The maximum atomic E-state index is 12.1. The molecule has 0 atom stereocenters. The van der Waals surface area contributed by atoms with Gasteiger partial charge in [0.15, 0.2) is 0 Å². The number of nitrogens with one attached hydrogen (secondary N) is 2. The summed E-state index contributed by atoms with van der Waals surface area (Å²) in [4.78, 5) is 29.3. The van der Waals surface area contributed by atoms with Gasteiger partial charge in [0, 0.05) is 37.9 Å². The molecule has 0 spiro atoms. The Kier molecular flexibility index (Phi) is 6.98. The van der Waals surface area contributed by atoms with Crippen LogP contribution in [0.25, 0.3) is 0 Å². The van der Waals surface area contributed by atoms with E-state index in [2.05, 4.69) is 15.6 Å². The quantitative estimate of drug-likeness (QED) is 0.749. The summed E-state index contributed by atoms with van der Waals surface area (Å²) in [6, 6.07) is 3.86. The minimum atomic E-state index is -0.402. The van der Waals surface area contributed by atoms with Crippen molar-refractivity contribution in [3.05, 3.63) is 30.1 Å². The average Bonchev–Trinajstić information content (AvgIpc) is 2.44. The zero-order valence-electron chi connectivity index (χ0n) is 13.8. The number of likely N-dealkylation sites (N-methyl/N-ethyl adjacent to an activating group) is 1. The van der Waals surface area contributed by atoms with E-state index in [-0.39, 0.29) is 11.8 Å². The van der Waals surface area contributed by atoms with Crippen LogP contribution < -0.4 is 10.6 Å². The van der Waals surface area contributed by atoms with E-state index in [0.717, 1.165) is 5.56 Å². The summed E-state index contributed by atoms with van der Waals surface area (Å²) in [6.45, 7) is 4.85. The zero-order valence-corrected chi connectivity index (χ0v) is 13.8. The minimum Gasteiger partial charge on any atom is -0.359 e. The molecule has 0 aromatic carbocycles. The molecule has 1 aromatic rings. The van der Waals surface area contributed by atoms with Crippen LogP contribution in [0.15, 0.2) is 24.5 Å². The maximum absolute atomic E-state index is 12.1. The van der Waals surface area contributed by atoms with Gasteiger partial charge in [-0.2, -0.15) is 0 Å². The van der Waals surface area contributed by atoms with Crippen LogP contribution in [0.1, 0.15) is 32.3 Å². The Morgan fingerprint density at radius 3 is 2.45 bits per heavy atom. The third-order valence-corrected chi connectivity index (χ3v) is 3.35. The molecule has 1 rings (SSSR count). The van der Waals surface area contributed by atoms with E-state index >= 15 is 0 Å². The SMILES string of the molecule is CNC(=O)CCC(C)(C)NC(=O)CN(C)Cc1ccncc1. The molecule has 2 N–H and O–H groups in total. The topological polar surface area (TPSA) is 74.3 Å². The van der Waals surface area contributed by atoms with Crippen LogP contribution in [0.5, 0.6) is 0 Å². The number of nitrogens with zero attached hydrogens (tertiary/aromatic N) is 2. The van der Waals surface area contributed by atoms with Gasteiger partial charge >= 0.3 is 0 Å². The monoisotopic (exact) mass is 306 g/mol. The minimum absolute atomic E-state index is 0.0165. The average molecular weight is 306 g/mol. The Morgan fingerprint density at radius 1 is 1.23 bits per heavy atom. The fourth-order valence-electron chi connectivity index (χ4n) is 2.13. The molecule has 0 saturated heterocycles. The highest BCUT2D eigenvalue weighted by molar-refractivity contribution is 5.79. The van der Waals surface area contributed by atoms with Crippen molar-refractivity contribution in [2.75, 3.05) is 20.6 Å². The second kappa shape index (κ2) is 8.48. The first-order valence-corrected chi connectivity index (χ1v) is 7.41. The fourth-order valence-corrected chi connectivity index (χ4v) is 2.13. The van der Waals surface area contributed by atoms with Crippen LogP contribution in [-0.2, 0) is 16.1 Å². The van der Waals surface area contributed by atoms with Gasteiger partial charge in [-0.1, -0.05) is 0 Å². The number of amides is 2. The highest BCUT2D eigenvalue weighted by Gasteiger charge is 2.21. The first-order chi connectivity index (χ1) is 10.3. The van der Waals surface area contributed by atoms with Crippen molar-refractivity contribution >= 4 is 11.8 Å². The maximum Gasteiger partial charge on any atom is 0.234 e. The Hall–Kier alpha value is -1.95. The highest BCUT2D eigenvalue weighted by Crippen LogP contribution is 2.11. The van der Waals surface area contributed by atoms with Crippen LogP contribution in [-0.4, -0.2) is 47.9 Å². The summed E-state index contributed by atoms with van der Waals surface area (Å²) >= 11 is 0. The molecule has 0 fully saturated rings. The molecule has 0 bridgehead atoms. The Bertz CT molecular complexity index is 488. The first kappa shape index (κ1) is 18.1. The van der Waals surface area contributed by atoms with Crippen LogP contribution in [0.2, 0.25) is 0 Å². The van der Waals surface area contributed by atoms with E-state index < -0.39 is 5.54 Å². The van der Waals surface area contributed by atoms with E-state index in [1.54, 1.807) is 19.4 Å². The lowest BCUT2D eigenvalue weighted by Crippen LogP contribution is -2.47. The van der Waals surface area contributed by atoms with E-state index in [0.29, 0.717) is 25.9 Å². The molecule has 0 radical (unpaired) electrons. The molecule has 1 heterocycles. The second-order valence-corrected chi connectivity index (χ2v) is 6.13. The van der Waals surface area contributed by atoms with E-state index in [9.17, 15) is 9.59 Å². The number of pyridine rings is 1. The summed E-state index contributed by atoms with van der Waals surface area (Å²) < 4.78 is 0. The molecule has 1 aromatic heterocycles. The summed E-state index contributed by atoms with van der Waals surface area (Å²) in [5.41, 5.74) is 0.713. The molecule has 6 heteroatoms. The van der Waals surface area contributed by atoms with Crippen molar-refractivity contribution in [2.45, 2.75) is 38.8 Å². The van der Waals surface area contributed by atoms with Crippen LogP contribution in [0.4, 0.5) is 0 Å². The van der Waals surface area contributed by atoms with Crippen molar-refractivity contribution in [3.8, 4) is 0 Å². The Labute approximate surface area is 132 Å². The van der Waals surface area contributed by atoms with Gasteiger partial charge in [-0.3, -0.25) is 19.5 Å². The van der Waals surface area contributed by atoms with Gasteiger partial charge in [0.1, 0.15) is 0 Å². The zero-order chi connectivity index (χ0) is 16.6. The molecule has 0 aliphatic carbocycles. The molecule has 2 amide bonds. The molecular weight excluding hydrogens is 280 g/mol. The van der Waals surface area contributed by atoms with Gasteiger partial charge in [0.2, 0.25) is 11.8 Å². The van der Waals surface area contributed by atoms with E-state index in [4.69, 9.17) is 0 Å². The van der Waals surface area contributed by atoms with Gasteiger partial charge in [0.05, 0.1) is 6.54 Å². The summed E-state index contributed by atoms with van der Waals surface area (Å²) in [5, 5.41) is 5.56. The fraction of sp³-hybridized carbons (Fsp3) is 0.562. The van der Waals surface area contributed by atoms with Gasteiger partial charge in [0.25, 0.3) is 0 Å². The number of rotatable bonds is 8. The van der Waals surface area contributed by atoms with Gasteiger partial charge in [-0.05, 0) is 45.0 Å². The molecule has 0 aliphatic heterocycles. The molecular formula is C16H26N4O2. The molecule has 6 nitrogen and oxygen atoms in total. The summed E-state index contributed by atoms with van der Waals surface area (Å²) in [5.74, 6) is -0.0596. The van der Waals surface area contributed by atoms with Gasteiger partial charge < -0.3 is 10.6 Å². The third-order valence-electron chi connectivity index (χ3n) is 3.35. The molecule has 0 aliphatic rings. The van der Waals surface area contributed by atoms with Crippen LogP contribution in [0.3, 0.4) is 0 Å². The van der Waals surface area contributed by atoms with Crippen molar-refractivity contribution in [1.29, 1.82) is 0 Å². The first-order valence-electron chi connectivity index (χ1n) is 7.41. The van der Waals surface area contributed by atoms with Crippen molar-refractivity contribution < 1.29 is 9.59 Å². The normalized spacial score (nSPS) is 11.3. The number of carbonyl (C=O) groups excluding carboxylic acids is 2. The van der Waals surface area contributed by atoms with Gasteiger partial charge in [-0.25, -0.2) is 0 Å². The predicted octanol–water partition coefficient (Wildman–Crippen LogP) is 0.934. The smallest absolute Gasteiger partial charge is 0.234 e. The summed E-state index contributed by atoms with van der Waals surface area (Å²) in [7, 11) is 3.51. The number of hydrogen-bond acceptors (Lipinski definition) is 4. The largest absolute Gasteiger partial charge is 0.359 e. The predicted molar refractivity (Wildman–Crippen MR) is 86.1 cm³/mol. The number of aromatic nitrogens is 1. The molecule has 122 valence electrons. The van der Waals surface area contributed by atoms with E-state index in [1.165, 1.54) is 0 Å². The van der Waals surface area contributed by atoms with Crippen molar-refractivity contribution in [3.63, 3.8) is 0 Å². The Balaban J connectivity index is 2.39. The molecule has 0 unspecified atom stereocenters. The van der Waals surface area contributed by atoms with E-state index in [1.807, 2.05) is 37.9 Å². The van der Waals surface area contributed by atoms with Crippen molar-refractivity contribution in [2.24, 2.45) is 0 Å².